The standard InChI is InChI=1S/C10H11N5O7S3/c16-5-6(17)14-4(8(18)19)3(1-23-7(5)14)2-24-9-11-12-13-15(9)10(20)25(21)22/h5,7,12-13,16H,1-2H2,(H,18,19)(H,21,22). The summed E-state index contributed by atoms with van der Waals surface area (Å²) >= 11 is -0.581. The highest BCUT2D eigenvalue weighted by Gasteiger charge is 2.52. The quantitative estimate of drug-likeness (QED) is 0.265. The van der Waals surface area contributed by atoms with E-state index in [1.165, 1.54) is 11.8 Å². The van der Waals surface area contributed by atoms with Crippen LogP contribution in [0.3, 0.4) is 0 Å². The number of nitrogens with one attached hydrogen (secondary N) is 2. The SMILES string of the molecule is O=C(O)C1=C(CSC2=NNNN2C(=O)S(=O)O)CSC2C(O)C(=O)N12. The second-order valence-corrected chi connectivity index (χ2v) is 7.76. The molecule has 136 valence electrons. The van der Waals surface area contributed by atoms with Gasteiger partial charge < -0.3 is 10.2 Å². The number of carbonyl (C=O) groups excluding carboxylic acids is 2. The average Bonchev–Trinajstić information content (AvgIpc) is 3.05. The second kappa shape index (κ2) is 6.93. The van der Waals surface area contributed by atoms with E-state index in [1.807, 2.05) is 0 Å². The molecule has 0 aromatic carbocycles. The maximum atomic E-state index is 11.7. The summed E-state index contributed by atoms with van der Waals surface area (Å²) in [7, 11) is 0. The summed E-state index contributed by atoms with van der Waals surface area (Å²) in [5.74, 6) is -1.62. The third-order valence-corrected chi connectivity index (χ3v) is 6.27. The van der Waals surface area contributed by atoms with Gasteiger partial charge in [0.05, 0.1) is 0 Å². The van der Waals surface area contributed by atoms with Crippen LogP contribution in [0.25, 0.3) is 0 Å². The third-order valence-electron chi connectivity index (χ3n) is 3.43. The lowest BCUT2D eigenvalue weighted by atomic mass is 10.1. The Hall–Kier alpha value is -1.65. The summed E-state index contributed by atoms with van der Waals surface area (Å²) in [5, 5.41) is 21.7. The molecule has 25 heavy (non-hydrogen) atoms. The van der Waals surface area contributed by atoms with Crippen LogP contribution < -0.4 is 11.1 Å². The number of aliphatic hydroxyl groups excluding tert-OH is 1. The Bertz CT molecular complexity index is 740. The lowest BCUT2D eigenvalue weighted by molar-refractivity contribution is -0.159. The number of carbonyl (C=O) groups is 3. The summed E-state index contributed by atoms with van der Waals surface area (Å²) in [5.41, 5.74) is 4.74. The normalized spacial score (nSPS) is 26.6. The topological polar surface area (TPSA) is 172 Å². The van der Waals surface area contributed by atoms with Gasteiger partial charge in [0.25, 0.3) is 5.91 Å². The van der Waals surface area contributed by atoms with E-state index in [-0.39, 0.29) is 22.4 Å². The summed E-state index contributed by atoms with van der Waals surface area (Å²) in [6, 6.07) is 0. The lowest BCUT2D eigenvalue weighted by Crippen LogP contribution is -2.64. The van der Waals surface area contributed by atoms with Crippen molar-refractivity contribution in [3.8, 4) is 0 Å². The number of carboxylic acids is 1. The van der Waals surface area contributed by atoms with Crippen LogP contribution in [0.2, 0.25) is 0 Å². The molecule has 5 N–H and O–H groups in total. The molecule has 0 aromatic heterocycles. The van der Waals surface area contributed by atoms with Crippen LogP contribution in [-0.4, -0.2) is 74.2 Å². The first-order chi connectivity index (χ1) is 11.8. The highest BCUT2D eigenvalue weighted by atomic mass is 32.2. The van der Waals surface area contributed by atoms with Gasteiger partial charge in [-0.1, -0.05) is 11.8 Å². The van der Waals surface area contributed by atoms with E-state index < -0.39 is 39.7 Å². The molecule has 3 aliphatic rings. The van der Waals surface area contributed by atoms with E-state index in [1.54, 1.807) is 0 Å². The maximum absolute atomic E-state index is 11.7. The minimum atomic E-state index is -2.75. The van der Waals surface area contributed by atoms with Crippen LogP contribution in [0.5, 0.6) is 0 Å². The van der Waals surface area contributed by atoms with Crippen LogP contribution >= 0.6 is 23.5 Å². The van der Waals surface area contributed by atoms with E-state index in [4.69, 9.17) is 4.55 Å². The summed E-state index contributed by atoms with van der Waals surface area (Å²) in [6.07, 6.45) is -1.21. The van der Waals surface area contributed by atoms with Crippen molar-refractivity contribution < 1.29 is 33.4 Å². The molecule has 3 aliphatic heterocycles. The molecule has 0 aromatic rings. The van der Waals surface area contributed by atoms with Gasteiger partial charge in [0.15, 0.2) is 6.10 Å². The van der Waals surface area contributed by atoms with Gasteiger partial charge in [-0.15, -0.1) is 22.4 Å². The first-order valence-corrected chi connectivity index (χ1v) is 9.71. The zero-order chi connectivity index (χ0) is 18.3. The van der Waals surface area contributed by atoms with Crippen molar-refractivity contribution in [2.24, 2.45) is 5.10 Å². The summed E-state index contributed by atoms with van der Waals surface area (Å²) < 4.78 is 19.7. The molecule has 3 rings (SSSR count). The Kier molecular flexibility index (Phi) is 5.03. The van der Waals surface area contributed by atoms with E-state index in [9.17, 15) is 28.8 Å². The number of hydrazine groups is 2. The van der Waals surface area contributed by atoms with E-state index in [0.29, 0.717) is 5.57 Å². The molecule has 0 spiro atoms. The van der Waals surface area contributed by atoms with Gasteiger partial charge >= 0.3 is 11.2 Å². The van der Waals surface area contributed by atoms with Gasteiger partial charge in [-0.25, -0.2) is 14.5 Å². The molecular formula is C10H11N5O7S3. The number of fused-ring (bicyclic) bond motifs is 1. The minimum absolute atomic E-state index is 0.0201. The highest BCUT2D eigenvalue weighted by Crippen LogP contribution is 2.41. The number of hydrogen-bond donors (Lipinski definition) is 5. The Morgan fingerprint density at radius 1 is 1.48 bits per heavy atom. The van der Waals surface area contributed by atoms with Gasteiger partial charge in [0.2, 0.25) is 16.2 Å². The zero-order valence-electron chi connectivity index (χ0n) is 12.1. The van der Waals surface area contributed by atoms with Gasteiger partial charge in [0.1, 0.15) is 11.1 Å². The van der Waals surface area contributed by atoms with Gasteiger partial charge in [-0.05, 0) is 5.57 Å². The van der Waals surface area contributed by atoms with Gasteiger partial charge in [0, 0.05) is 11.5 Å². The molecule has 2 amide bonds. The van der Waals surface area contributed by atoms with Crippen LogP contribution in [0.1, 0.15) is 0 Å². The molecule has 3 heterocycles. The van der Waals surface area contributed by atoms with Crippen molar-refractivity contribution in [1.29, 1.82) is 0 Å². The molecule has 1 fully saturated rings. The van der Waals surface area contributed by atoms with Crippen molar-refractivity contribution in [2.45, 2.75) is 11.5 Å². The molecule has 12 nitrogen and oxygen atoms in total. The molecule has 0 saturated carbocycles. The number of β-lactam (4-membered cyclic amide) rings is 1. The van der Waals surface area contributed by atoms with Crippen LogP contribution in [0.15, 0.2) is 16.4 Å². The number of nitrogens with zero attached hydrogens (tertiary/aromatic N) is 3. The van der Waals surface area contributed by atoms with Crippen LogP contribution in [-0.2, 0) is 20.7 Å². The maximum Gasteiger partial charge on any atom is 0.360 e. The van der Waals surface area contributed by atoms with Gasteiger partial charge in [-0.3, -0.25) is 19.0 Å². The number of aliphatic carboxylic acids is 1. The summed E-state index contributed by atoms with van der Waals surface area (Å²) in [4.78, 5) is 35.8. The molecule has 0 aliphatic carbocycles. The largest absolute Gasteiger partial charge is 0.477 e. The van der Waals surface area contributed by atoms with E-state index in [0.717, 1.165) is 21.7 Å². The summed E-state index contributed by atoms with van der Waals surface area (Å²) in [6.45, 7) is 0. The highest BCUT2D eigenvalue weighted by molar-refractivity contribution is 8.14. The molecule has 1 saturated heterocycles. The van der Waals surface area contributed by atoms with Crippen molar-refractivity contribution >= 4 is 56.9 Å². The van der Waals surface area contributed by atoms with Crippen LogP contribution in [0.4, 0.5) is 4.79 Å². The second-order valence-electron chi connectivity index (χ2n) is 4.87. The molecule has 3 atom stereocenters. The Morgan fingerprint density at radius 3 is 2.84 bits per heavy atom. The van der Waals surface area contributed by atoms with Crippen molar-refractivity contribution in [3.63, 3.8) is 0 Å². The molecule has 0 radical (unpaired) electrons. The van der Waals surface area contributed by atoms with Crippen molar-refractivity contribution in [3.05, 3.63) is 11.3 Å². The monoisotopic (exact) mass is 409 g/mol. The number of hydrogen-bond acceptors (Lipinski definition) is 10. The molecular weight excluding hydrogens is 398 g/mol. The Morgan fingerprint density at radius 2 is 2.20 bits per heavy atom. The van der Waals surface area contributed by atoms with Crippen molar-refractivity contribution in [1.82, 2.24) is 21.0 Å². The number of amides is 2. The fourth-order valence-corrected chi connectivity index (χ4v) is 4.97. The molecule has 3 unspecified atom stereocenters. The van der Waals surface area contributed by atoms with E-state index >= 15 is 0 Å². The number of thioether (sulfide) groups is 2. The fraction of sp³-hybridized carbons (Fsp3) is 0.400. The predicted molar refractivity (Wildman–Crippen MR) is 87.9 cm³/mol. The van der Waals surface area contributed by atoms with Crippen molar-refractivity contribution in [2.75, 3.05) is 11.5 Å². The number of amidine groups is 1. The van der Waals surface area contributed by atoms with E-state index in [2.05, 4.69) is 16.2 Å². The number of rotatable bonds is 3. The predicted octanol–water partition coefficient (Wildman–Crippen LogP) is -1.73. The third kappa shape index (κ3) is 3.13. The fourth-order valence-electron chi connectivity index (χ4n) is 2.31. The first-order valence-electron chi connectivity index (χ1n) is 6.57. The van der Waals surface area contributed by atoms with Gasteiger partial charge in [-0.2, -0.15) is 5.01 Å². The minimum Gasteiger partial charge on any atom is -0.477 e. The number of aliphatic hydroxyl groups is 1. The lowest BCUT2D eigenvalue weighted by Gasteiger charge is -2.47. The first kappa shape index (κ1) is 18.2. The Labute approximate surface area is 150 Å². The Balaban J connectivity index is 1.75. The molecule has 0 bridgehead atoms. The number of hydrazone groups is 1. The van der Waals surface area contributed by atoms with Crippen LogP contribution in [0, 0.1) is 0 Å². The number of carboxylic acid groups (broad SMARTS) is 1. The average molecular weight is 409 g/mol. The smallest absolute Gasteiger partial charge is 0.360 e. The molecule has 15 heteroatoms. The zero-order valence-corrected chi connectivity index (χ0v) is 14.6.